The fourth-order valence-corrected chi connectivity index (χ4v) is 4.76. The molecule has 6 rings (SSSR count). The van der Waals surface area contributed by atoms with Gasteiger partial charge in [-0.3, -0.25) is 0 Å². The van der Waals surface area contributed by atoms with E-state index < -0.39 is 5.82 Å². The molecule has 1 aliphatic rings. The minimum Gasteiger partial charge on any atom is -0.453 e. The van der Waals surface area contributed by atoms with Gasteiger partial charge in [0.1, 0.15) is 23.0 Å². The molecule has 4 heterocycles. The first-order valence-electron chi connectivity index (χ1n) is 12.5. The average Bonchev–Trinajstić information content (AvgIpc) is 3.60. The summed E-state index contributed by atoms with van der Waals surface area (Å²) in [4.78, 5) is 18.3. The summed E-state index contributed by atoms with van der Waals surface area (Å²) in [7, 11) is 0. The first kappa shape index (κ1) is 23.5. The molecule has 0 saturated carbocycles. The van der Waals surface area contributed by atoms with Crippen molar-refractivity contribution < 1.29 is 9.13 Å². The minimum absolute atomic E-state index is 0.109. The van der Waals surface area contributed by atoms with Crippen LogP contribution in [-0.2, 0) is 0 Å². The number of benzene rings is 2. The van der Waals surface area contributed by atoms with Crippen molar-refractivity contribution in [2.75, 3.05) is 34.4 Å². The zero-order chi connectivity index (χ0) is 25.9. The number of aromatic amines is 1. The molecule has 0 amide bonds. The summed E-state index contributed by atoms with van der Waals surface area (Å²) in [5.41, 5.74) is 8.34. The molecule has 0 radical (unpaired) electrons. The number of pyridine rings is 1. The molecule has 3 aromatic heterocycles. The molecule has 0 aliphatic carbocycles. The SMILES string of the molecule is Nc1nc(Nc2ccc(Oc3ccnc4[nH]ccc34)c(F)c2)cc(N2CCC[C@H]2CNc2ccccc2)n1. The third-order valence-electron chi connectivity index (χ3n) is 6.56. The number of aromatic nitrogens is 4. The zero-order valence-corrected chi connectivity index (χ0v) is 20.6. The van der Waals surface area contributed by atoms with E-state index in [1.54, 1.807) is 30.6 Å². The number of nitrogens with zero attached hydrogens (tertiary/aromatic N) is 4. The van der Waals surface area contributed by atoms with Crippen molar-refractivity contribution in [1.29, 1.82) is 0 Å². The third-order valence-corrected chi connectivity index (χ3v) is 6.56. The summed E-state index contributed by atoms with van der Waals surface area (Å²) in [6.45, 7) is 1.66. The van der Waals surface area contributed by atoms with Gasteiger partial charge in [0.2, 0.25) is 5.95 Å². The van der Waals surface area contributed by atoms with Crippen LogP contribution in [-0.4, -0.2) is 39.1 Å². The number of H-pyrrole nitrogens is 1. The van der Waals surface area contributed by atoms with Crippen molar-refractivity contribution in [2.24, 2.45) is 0 Å². The molecule has 0 unspecified atom stereocenters. The molecule has 0 bridgehead atoms. The standard InChI is InChI=1S/C28H27FN8O/c29-22-15-19(8-9-24(22)38-23-11-13-32-27-21(23)10-12-31-27)34-25-16-26(36-28(30)35-25)37-14-4-7-20(37)17-33-18-5-2-1-3-6-18/h1-3,5-6,8-13,15-16,20,33H,4,7,14,17H2,(H,31,32)(H3,30,34,35,36)/t20-/m0/s1. The monoisotopic (exact) mass is 510 g/mol. The van der Waals surface area contributed by atoms with E-state index >= 15 is 0 Å². The highest BCUT2D eigenvalue weighted by atomic mass is 19.1. The lowest BCUT2D eigenvalue weighted by Crippen LogP contribution is -2.35. The Hall–Kier alpha value is -4.86. The van der Waals surface area contributed by atoms with Crippen LogP contribution in [0.25, 0.3) is 11.0 Å². The molecule has 9 nitrogen and oxygen atoms in total. The van der Waals surface area contributed by atoms with E-state index in [2.05, 4.69) is 47.6 Å². The van der Waals surface area contributed by atoms with E-state index in [1.165, 1.54) is 6.07 Å². The highest BCUT2D eigenvalue weighted by Gasteiger charge is 2.26. The van der Waals surface area contributed by atoms with Gasteiger partial charge in [0.05, 0.1) is 5.39 Å². The van der Waals surface area contributed by atoms with E-state index in [-0.39, 0.29) is 17.7 Å². The Balaban J connectivity index is 1.17. The number of para-hydroxylation sites is 1. The normalized spacial score (nSPS) is 15.1. The highest BCUT2D eigenvalue weighted by molar-refractivity contribution is 5.82. The lowest BCUT2D eigenvalue weighted by Gasteiger charge is -2.26. The van der Waals surface area contributed by atoms with Crippen molar-refractivity contribution in [1.82, 2.24) is 19.9 Å². The number of ether oxygens (including phenoxy) is 1. The van der Waals surface area contributed by atoms with Crippen LogP contribution < -0.4 is 26.0 Å². The van der Waals surface area contributed by atoms with Gasteiger partial charge in [-0.05, 0) is 49.2 Å². The number of nitrogens with two attached hydrogens (primary N) is 1. The predicted molar refractivity (Wildman–Crippen MR) is 148 cm³/mol. The van der Waals surface area contributed by atoms with Crippen LogP contribution in [0.15, 0.2) is 79.1 Å². The molecule has 1 aliphatic heterocycles. The molecule has 1 atom stereocenters. The fraction of sp³-hybridized carbons (Fsp3) is 0.179. The Labute approximate surface area is 218 Å². The largest absolute Gasteiger partial charge is 0.453 e. The average molecular weight is 511 g/mol. The van der Waals surface area contributed by atoms with Crippen LogP contribution in [0.3, 0.4) is 0 Å². The van der Waals surface area contributed by atoms with Crippen molar-refractivity contribution in [3.05, 3.63) is 84.9 Å². The highest BCUT2D eigenvalue weighted by Crippen LogP contribution is 2.32. The van der Waals surface area contributed by atoms with E-state index in [1.807, 2.05) is 30.3 Å². The van der Waals surface area contributed by atoms with Gasteiger partial charge in [0, 0.05) is 55.0 Å². The zero-order valence-electron chi connectivity index (χ0n) is 20.6. The van der Waals surface area contributed by atoms with Gasteiger partial charge in [0.15, 0.2) is 11.6 Å². The Bertz CT molecular complexity index is 1560. The fourth-order valence-electron chi connectivity index (χ4n) is 4.76. The van der Waals surface area contributed by atoms with Gasteiger partial charge in [-0.25, -0.2) is 9.37 Å². The number of nitrogens with one attached hydrogen (secondary N) is 3. The number of nitrogen functional groups attached to an aromatic ring is 1. The topological polar surface area (TPSA) is 117 Å². The molecule has 2 aromatic carbocycles. The van der Waals surface area contributed by atoms with E-state index in [4.69, 9.17) is 10.5 Å². The second-order valence-corrected chi connectivity index (χ2v) is 9.13. The van der Waals surface area contributed by atoms with Crippen LogP contribution in [0.1, 0.15) is 12.8 Å². The molecule has 1 saturated heterocycles. The Morgan fingerprint density at radius 3 is 2.79 bits per heavy atom. The maximum Gasteiger partial charge on any atom is 0.223 e. The molecule has 5 aromatic rings. The van der Waals surface area contributed by atoms with Crippen LogP contribution in [0.5, 0.6) is 11.5 Å². The van der Waals surface area contributed by atoms with Crippen LogP contribution >= 0.6 is 0 Å². The molecule has 10 heteroatoms. The first-order valence-corrected chi connectivity index (χ1v) is 12.5. The van der Waals surface area contributed by atoms with Gasteiger partial charge in [0.25, 0.3) is 0 Å². The summed E-state index contributed by atoms with van der Waals surface area (Å²) in [5.74, 6) is 1.50. The van der Waals surface area contributed by atoms with Gasteiger partial charge in [-0.1, -0.05) is 18.2 Å². The van der Waals surface area contributed by atoms with Gasteiger partial charge in [-0.15, -0.1) is 0 Å². The summed E-state index contributed by atoms with van der Waals surface area (Å²) < 4.78 is 20.8. The number of halogens is 1. The van der Waals surface area contributed by atoms with Gasteiger partial charge < -0.3 is 31.0 Å². The lowest BCUT2D eigenvalue weighted by atomic mass is 10.2. The summed E-state index contributed by atoms with van der Waals surface area (Å²) in [5, 5.41) is 7.43. The van der Waals surface area contributed by atoms with Crippen molar-refractivity contribution in [3.8, 4) is 11.5 Å². The van der Waals surface area contributed by atoms with Crippen LogP contribution in [0.4, 0.5) is 33.3 Å². The second kappa shape index (κ2) is 10.3. The third kappa shape index (κ3) is 5.01. The van der Waals surface area contributed by atoms with Crippen LogP contribution in [0, 0.1) is 5.82 Å². The van der Waals surface area contributed by atoms with E-state index in [9.17, 15) is 4.39 Å². The molecule has 0 spiro atoms. The number of hydrogen-bond donors (Lipinski definition) is 4. The number of hydrogen-bond acceptors (Lipinski definition) is 8. The quantitative estimate of drug-likeness (QED) is 0.210. The smallest absolute Gasteiger partial charge is 0.223 e. The second-order valence-electron chi connectivity index (χ2n) is 9.13. The van der Waals surface area contributed by atoms with Crippen molar-refractivity contribution >= 4 is 40.0 Å². The summed E-state index contributed by atoms with van der Waals surface area (Å²) in [6.07, 6.45) is 5.49. The van der Waals surface area contributed by atoms with Crippen molar-refractivity contribution in [2.45, 2.75) is 18.9 Å². The van der Waals surface area contributed by atoms with E-state index in [0.29, 0.717) is 22.9 Å². The Morgan fingerprint density at radius 2 is 1.92 bits per heavy atom. The molecular weight excluding hydrogens is 483 g/mol. The van der Waals surface area contributed by atoms with Gasteiger partial charge in [-0.2, -0.15) is 9.97 Å². The molecule has 192 valence electrons. The lowest BCUT2D eigenvalue weighted by molar-refractivity contribution is 0.446. The summed E-state index contributed by atoms with van der Waals surface area (Å²) in [6, 6.07) is 20.5. The number of rotatable bonds is 8. The maximum atomic E-state index is 15.0. The van der Waals surface area contributed by atoms with E-state index in [0.717, 1.165) is 42.8 Å². The first-order chi connectivity index (χ1) is 18.6. The molecule has 5 N–H and O–H groups in total. The number of fused-ring (bicyclic) bond motifs is 1. The van der Waals surface area contributed by atoms with Crippen molar-refractivity contribution in [3.63, 3.8) is 0 Å². The van der Waals surface area contributed by atoms with Gasteiger partial charge >= 0.3 is 0 Å². The Morgan fingerprint density at radius 1 is 1.03 bits per heavy atom. The molecule has 38 heavy (non-hydrogen) atoms. The molecule has 1 fully saturated rings. The Kier molecular flexibility index (Phi) is 6.35. The predicted octanol–water partition coefficient (Wildman–Crippen LogP) is 5.69. The maximum absolute atomic E-state index is 15.0. The van der Waals surface area contributed by atoms with Crippen LogP contribution in [0.2, 0.25) is 0 Å². The minimum atomic E-state index is -0.510. The molecular formula is C28H27FN8O. The number of anilines is 5. The summed E-state index contributed by atoms with van der Waals surface area (Å²) >= 11 is 0.